The molecule has 1 aromatic carbocycles. The number of nitrogens with one attached hydrogen (secondary N) is 1. The molecule has 1 aromatic heterocycles. The van der Waals surface area contributed by atoms with Gasteiger partial charge in [0, 0.05) is 10.2 Å². The van der Waals surface area contributed by atoms with E-state index in [2.05, 4.69) is 28.2 Å². The minimum Gasteiger partial charge on any atom is -0.467 e. The molecule has 2 rings (SSSR count). The number of para-hydroxylation sites is 1. The summed E-state index contributed by atoms with van der Waals surface area (Å²) >= 11 is 3.49. The van der Waals surface area contributed by atoms with Gasteiger partial charge in [0.2, 0.25) is 0 Å². The van der Waals surface area contributed by atoms with E-state index >= 15 is 0 Å². The van der Waals surface area contributed by atoms with E-state index in [4.69, 9.17) is 4.42 Å². The molecule has 0 bridgehead atoms. The molecule has 0 spiro atoms. The Balaban J connectivity index is 2.13. The Kier molecular flexibility index (Phi) is 3.11. The number of hydrogen-bond donors (Lipinski definition) is 1. The minimum absolute atomic E-state index is 0.165. The van der Waals surface area contributed by atoms with Crippen molar-refractivity contribution in [1.82, 2.24) is 0 Å². The third kappa shape index (κ3) is 2.42. The molecule has 0 radical (unpaired) electrons. The zero-order valence-corrected chi connectivity index (χ0v) is 9.99. The Morgan fingerprint density at radius 2 is 2.00 bits per heavy atom. The molecule has 0 aliphatic rings. The van der Waals surface area contributed by atoms with Gasteiger partial charge in [-0.25, -0.2) is 0 Å². The van der Waals surface area contributed by atoms with Crippen LogP contribution in [0.5, 0.6) is 0 Å². The highest BCUT2D eigenvalue weighted by Gasteiger charge is 2.08. The van der Waals surface area contributed by atoms with Gasteiger partial charge in [-0.2, -0.15) is 0 Å². The Morgan fingerprint density at radius 3 is 2.67 bits per heavy atom. The van der Waals surface area contributed by atoms with Crippen molar-refractivity contribution in [3.05, 3.63) is 52.9 Å². The van der Waals surface area contributed by atoms with E-state index < -0.39 is 0 Å². The summed E-state index contributed by atoms with van der Waals surface area (Å²) in [4.78, 5) is 0. The molecule has 0 fully saturated rings. The average molecular weight is 266 g/mol. The summed E-state index contributed by atoms with van der Waals surface area (Å²) in [5, 5.41) is 3.37. The number of rotatable bonds is 3. The lowest BCUT2D eigenvalue weighted by Crippen LogP contribution is -2.05. The quantitative estimate of drug-likeness (QED) is 0.899. The number of benzene rings is 1. The second kappa shape index (κ2) is 4.53. The van der Waals surface area contributed by atoms with Crippen molar-refractivity contribution < 1.29 is 4.42 Å². The summed E-state index contributed by atoms with van der Waals surface area (Å²) in [5.74, 6) is 0.936. The molecular formula is C12H12BrNO. The first-order valence-electron chi connectivity index (χ1n) is 4.82. The summed E-state index contributed by atoms with van der Waals surface area (Å²) in [6.07, 6.45) is 1.69. The number of hydrogen-bond acceptors (Lipinski definition) is 2. The molecular weight excluding hydrogens is 254 g/mol. The SMILES string of the molecule is CC(Nc1ccccc1Br)c1ccco1. The largest absolute Gasteiger partial charge is 0.467 e. The van der Waals surface area contributed by atoms with Gasteiger partial charge in [-0.3, -0.25) is 0 Å². The first-order chi connectivity index (χ1) is 7.27. The van der Waals surface area contributed by atoms with Gasteiger partial charge in [-0.1, -0.05) is 12.1 Å². The molecule has 0 aliphatic heterocycles. The molecule has 1 N–H and O–H groups in total. The summed E-state index contributed by atoms with van der Waals surface area (Å²) in [6.45, 7) is 2.07. The summed E-state index contributed by atoms with van der Waals surface area (Å²) < 4.78 is 6.39. The van der Waals surface area contributed by atoms with Crippen LogP contribution in [0.15, 0.2) is 51.6 Å². The van der Waals surface area contributed by atoms with Crippen LogP contribution in [0.2, 0.25) is 0 Å². The topological polar surface area (TPSA) is 25.2 Å². The highest BCUT2D eigenvalue weighted by Crippen LogP contribution is 2.26. The lowest BCUT2D eigenvalue weighted by molar-refractivity contribution is 0.490. The Hall–Kier alpha value is -1.22. The average Bonchev–Trinajstić information content (AvgIpc) is 2.74. The van der Waals surface area contributed by atoms with E-state index in [0.717, 1.165) is 15.9 Å². The molecule has 3 heteroatoms. The van der Waals surface area contributed by atoms with Gasteiger partial charge in [0.25, 0.3) is 0 Å². The summed E-state index contributed by atoms with van der Waals surface area (Å²) in [7, 11) is 0. The summed E-state index contributed by atoms with van der Waals surface area (Å²) in [5.41, 5.74) is 1.07. The van der Waals surface area contributed by atoms with Crippen LogP contribution in [0, 0.1) is 0 Å². The highest BCUT2D eigenvalue weighted by molar-refractivity contribution is 9.10. The normalized spacial score (nSPS) is 12.4. The van der Waals surface area contributed by atoms with Crippen LogP contribution in [0.4, 0.5) is 5.69 Å². The van der Waals surface area contributed by atoms with Crippen molar-refractivity contribution >= 4 is 21.6 Å². The van der Waals surface area contributed by atoms with Gasteiger partial charge in [-0.05, 0) is 47.1 Å². The molecule has 0 saturated carbocycles. The summed E-state index contributed by atoms with van der Waals surface area (Å²) in [6, 6.07) is 12.1. The van der Waals surface area contributed by atoms with Crippen LogP contribution in [-0.4, -0.2) is 0 Å². The van der Waals surface area contributed by atoms with Crippen molar-refractivity contribution in [2.45, 2.75) is 13.0 Å². The number of halogens is 1. The maximum atomic E-state index is 5.33. The fraction of sp³-hybridized carbons (Fsp3) is 0.167. The van der Waals surface area contributed by atoms with Crippen LogP contribution >= 0.6 is 15.9 Å². The minimum atomic E-state index is 0.165. The predicted molar refractivity (Wildman–Crippen MR) is 64.9 cm³/mol. The van der Waals surface area contributed by atoms with Crippen LogP contribution < -0.4 is 5.32 Å². The molecule has 2 nitrogen and oxygen atoms in total. The molecule has 0 aliphatic carbocycles. The van der Waals surface area contributed by atoms with E-state index in [0.29, 0.717) is 0 Å². The van der Waals surface area contributed by atoms with Gasteiger partial charge in [0.1, 0.15) is 5.76 Å². The highest BCUT2D eigenvalue weighted by atomic mass is 79.9. The molecule has 1 heterocycles. The maximum Gasteiger partial charge on any atom is 0.125 e. The zero-order valence-electron chi connectivity index (χ0n) is 8.41. The van der Waals surface area contributed by atoms with E-state index in [9.17, 15) is 0 Å². The Bertz CT molecular complexity index is 425. The van der Waals surface area contributed by atoms with Gasteiger partial charge >= 0.3 is 0 Å². The number of anilines is 1. The molecule has 1 atom stereocenters. The van der Waals surface area contributed by atoms with E-state index in [1.807, 2.05) is 36.4 Å². The van der Waals surface area contributed by atoms with Crippen molar-refractivity contribution in [3.8, 4) is 0 Å². The van der Waals surface area contributed by atoms with E-state index in [1.54, 1.807) is 6.26 Å². The second-order valence-electron chi connectivity index (χ2n) is 3.36. The van der Waals surface area contributed by atoms with E-state index in [1.165, 1.54) is 0 Å². The first kappa shape index (κ1) is 10.3. The van der Waals surface area contributed by atoms with Crippen molar-refractivity contribution in [1.29, 1.82) is 0 Å². The van der Waals surface area contributed by atoms with Crippen LogP contribution in [0.25, 0.3) is 0 Å². The molecule has 2 aromatic rings. The van der Waals surface area contributed by atoms with Crippen molar-refractivity contribution in [2.24, 2.45) is 0 Å². The standard InChI is InChI=1S/C12H12BrNO/c1-9(12-7-4-8-15-12)14-11-6-3-2-5-10(11)13/h2-9,14H,1H3. The molecule has 1 unspecified atom stereocenters. The lowest BCUT2D eigenvalue weighted by Gasteiger charge is -2.13. The first-order valence-corrected chi connectivity index (χ1v) is 5.61. The van der Waals surface area contributed by atoms with Crippen LogP contribution in [-0.2, 0) is 0 Å². The molecule has 78 valence electrons. The molecule has 0 amide bonds. The second-order valence-corrected chi connectivity index (χ2v) is 4.22. The molecule has 15 heavy (non-hydrogen) atoms. The maximum absolute atomic E-state index is 5.33. The third-order valence-corrected chi connectivity index (χ3v) is 2.91. The van der Waals surface area contributed by atoms with Crippen LogP contribution in [0.3, 0.4) is 0 Å². The lowest BCUT2D eigenvalue weighted by atomic mass is 10.2. The van der Waals surface area contributed by atoms with Gasteiger partial charge < -0.3 is 9.73 Å². The van der Waals surface area contributed by atoms with Gasteiger partial charge in [0.15, 0.2) is 0 Å². The van der Waals surface area contributed by atoms with Crippen molar-refractivity contribution in [2.75, 3.05) is 5.32 Å². The van der Waals surface area contributed by atoms with Gasteiger partial charge in [0.05, 0.1) is 12.3 Å². The zero-order chi connectivity index (χ0) is 10.7. The Morgan fingerprint density at radius 1 is 1.20 bits per heavy atom. The Labute approximate surface area is 97.4 Å². The number of furan rings is 1. The van der Waals surface area contributed by atoms with Crippen LogP contribution in [0.1, 0.15) is 18.7 Å². The van der Waals surface area contributed by atoms with Crippen molar-refractivity contribution in [3.63, 3.8) is 0 Å². The van der Waals surface area contributed by atoms with E-state index in [-0.39, 0.29) is 6.04 Å². The fourth-order valence-corrected chi connectivity index (χ4v) is 1.82. The smallest absolute Gasteiger partial charge is 0.125 e. The fourth-order valence-electron chi connectivity index (χ4n) is 1.42. The monoisotopic (exact) mass is 265 g/mol. The van der Waals surface area contributed by atoms with Gasteiger partial charge in [-0.15, -0.1) is 0 Å². The molecule has 0 saturated heterocycles. The predicted octanol–water partition coefficient (Wildman–Crippen LogP) is 4.22. The third-order valence-electron chi connectivity index (χ3n) is 2.22.